The van der Waals surface area contributed by atoms with Gasteiger partial charge in [0.2, 0.25) is 0 Å². The van der Waals surface area contributed by atoms with Crippen LogP contribution >= 0.6 is 0 Å². The van der Waals surface area contributed by atoms with E-state index in [4.69, 9.17) is 5.73 Å². The normalized spacial score (nSPS) is 21.1. The van der Waals surface area contributed by atoms with Crippen LogP contribution in [0.15, 0.2) is 24.7 Å². The standard InChI is InChI=1S/C16H21N5O2/c1-10-14(20-15-8-18-7-6-13(15)16(22)23)9-19-21(10)12-4-2-11(17)3-5-12/h6-9,11-12,20H,2-5,17H2,1H3,(H,22,23)/t11-,12+. The van der Waals surface area contributed by atoms with Crippen molar-refractivity contribution in [3.05, 3.63) is 35.9 Å². The molecular formula is C16H21N5O2. The van der Waals surface area contributed by atoms with Gasteiger partial charge in [-0.3, -0.25) is 9.67 Å². The van der Waals surface area contributed by atoms with Gasteiger partial charge in [-0.1, -0.05) is 0 Å². The molecular weight excluding hydrogens is 294 g/mol. The van der Waals surface area contributed by atoms with E-state index in [-0.39, 0.29) is 5.56 Å². The molecule has 1 saturated carbocycles. The third-order valence-corrected chi connectivity index (χ3v) is 4.45. The van der Waals surface area contributed by atoms with Gasteiger partial charge in [0.05, 0.1) is 41.1 Å². The van der Waals surface area contributed by atoms with E-state index in [2.05, 4.69) is 15.4 Å². The van der Waals surface area contributed by atoms with E-state index in [0.717, 1.165) is 37.1 Å². The summed E-state index contributed by atoms with van der Waals surface area (Å²) in [6, 6.07) is 2.14. The lowest BCUT2D eigenvalue weighted by atomic mass is 9.92. The first kappa shape index (κ1) is 15.5. The molecule has 2 aromatic rings. The highest BCUT2D eigenvalue weighted by Crippen LogP contribution is 2.31. The molecule has 122 valence electrons. The molecule has 7 heteroatoms. The molecule has 1 aliphatic rings. The SMILES string of the molecule is Cc1c(Nc2cnccc2C(=O)O)cnn1[C@H]1CC[C@@H](N)CC1. The summed E-state index contributed by atoms with van der Waals surface area (Å²) in [4.78, 5) is 15.3. The predicted octanol–water partition coefficient (Wildman–Crippen LogP) is 2.47. The Bertz CT molecular complexity index is 704. The molecule has 0 aromatic carbocycles. The minimum absolute atomic E-state index is 0.191. The van der Waals surface area contributed by atoms with Crippen molar-refractivity contribution in [3.63, 3.8) is 0 Å². The van der Waals surface area contributed by atoms with Crippen molar-refractivity contribution >= 4 is 17.3 Å². The molecule has 1 fully saturated rings. The highest BCUT2D eigenvalue weighted by atomic mass is 16.4. The fraction of sp³-hybridized carbons (Fsp3) is 0.438. The summed E-state index contributed by atoms with van der Waals surface area (Å²) in [6.07, 6.45) is 8.79. The second-order valence-electron chi connectivity index (χ2n) is 6.01. The Morgan fingerprint density at radius 2 is 2.04 bits per heavy atom. The summed E-state index contributed by atoms with van der Waals surface area (Å²) < 4.78 is 2.02. The van der Waals surface area contributed by atoms with Crippen LogP contribution in [-0.4, -0.2) is 31.9 Å². The Kier molecular flexibility index (Phi) is 4.29. The van der Waals surface area contributed by atoms with E-state index in [1.165, 1.54) is 18.5 Å². The van der Waals surface area contributed by atoms with Crippen LogP contribution < -0.4 is 11.1 Å². The zero-order valence-electron chi connectivity index (χ0n) is 13.1. The number of hydrogen-bond acceptors (Lipinski definition) is 5. The third-order valence-electron chi connectivity index (χ3n) is 4.45. The van der Waals surface area contributed by atoms with Gasteiger partial charge < -0.3 is 16.2 Å². The minimum Gasteiger partial charge on any atom is -0.478 e. The molecule has 0 saturated heterocycles. The summed E-state index contributed by atoms with van der Waals surface area (Å²) in [5.74, 6) is -0.985. The zero-order valence-corrected chi connectivity index (χ0v) is 13.1. The molecule has 23 heavy (non-hydrogen) atoms. The molecule has 2 heterocycles. The highest BCUT2D eigenvalue weighted by molar-refractivity contribution is 5.94. The lowest BCUT2D eigenvalue weighted by Gasteiger charge is -2.27. The van der Waals surface area contributed by atoms with E-state index in [9.17, 15) is 9.90 Å². The van der Waals surface area contributed by atoms with Crippen molar-refractivity contribution in [2.45, 2.75) is 44.7 Å². The summed E-state index contributed by atoms with van der Waals surface area (Å²) in [5, 5.41) is 16.9. The van der Waals surface area contributed by atoms with Crippen molar-refractivity contribution < 1.29 is 9.90 Å². The lowest BCUT2D eigenvalue weighted by molar-refractivity contribution is 0.0698. The Hall–Kier alpha value is -2.41. The van der Waals surface area contributed by atoms with E-state index in [1.54, 1.807) is 6.20 Å². The van der Waals surface area contributed by atoms with Crippen molar-refractivity contribution in [1.82, 2.24) is 14.8 Å². The molecule has 0 amide bonds. The summed E-state index contributed by atoms with van der Waals surface area (Å²) in [5.41, 5.74) is 8.41. The maximum absolute atomic E-state index is 11.3. The molecule has 2 aromatic heterocycles. The number of pyridine rings is 1. The van der Waals surface area contributed by atoms with Gasteiger partial charge in [0, 0.05) is 12.2 Å². The zero-order chi connectivity index (χ0) is 16.4. The Labute approximate surface area is 134 Å². The average Bonchev–Trinajstić information content (AvgIpc) is 2.90. The van der Waals surface area contributed by atoms with Crippen LogP contribution in [0.2, 0.25) is 0 Å². The number of nitrogens with two attached hydrogens (primary N) is 1. The Morgan fingerprint density at radius 3 is 2.74 bits per heavy atom. The van der Waals surface area contributed by atoms with Gasteiger partial charge >= 0.3 is 5.97 Å². The monoisotopic (exact) mass is 315 g/mol. The number of anilines is 2. The van der Waals surface area contributed by atoms with Gasteiger partial charge in [0.15, 0.2) is 0 Å². The van der Waals surface area contributed by atoms with Gasteiger partial charge in [-0.05, 0) is 38.7 Å². The van der Waals surface area contributed by atoms with Gasteiger partial charge in [0.25, 0.3) is 0 Å². The average molecular weight is 315 g/mol. The van der Waals surface area contributed by atoms with Crippen molar-refractivity contribution in [3.8, 4) is 0 Å². The largest absolute Gasteiger partial charge is 0.478 e. The number of aromatic carboxylic acids is 1. The van der Waals surface area contributed by atoms with Crippen LogP contribution in [0, 0.1) is 6.92 Å². The molecule has 1 aliphatic carbocycles. The molecule has 0 spiro atoms. The number of carboxylic acids is 1. The van der Waals surface area contributed by atoms with E-state index in [0.29, 0.717) is 17.8 Å². The number of nitrogens with one attached hydrogen (secondary N) is 1. The summed E-state index contributed by atoms with van der Waals surface area (Å²) >= 11 is 0. The molecule has 0 radical (unpaired) electrons. The van der Waals surface area contributed by atoms with Crippen LogP contribution in [-0.2, 0) is 0 Å². The number of rotatable bonds is 4. The Morgan fingerprint density at radius 1 is 1.30 bits per heavy atom. The molecule has 0 atom stereocenters. The van der Waals surface area contributed by atoms with Gasteiger partial charge in [-0.25, -0.2) is 4.79 Å². The van der Waals surface area contributed by atoms with Crippen molar-refractivity contribution in [2.24, 2.45) is 5.73 Å². The molecule has 7 nitrogen and oxygen atoms in total. The lowest BCUT2D eigenvalue weighted by Crippen LogP contribution is -2.28. The van der Waals surface area contributed by atoms with E-state index in [1.807, 2.05) is 11.6 Å². The number of carboxylic acid groups (broad SMARTS) is 1. The fourth-order valence-corrected chi connectivity index (χ4v) is 3.09. The number of aromatic nitrogens is 3. The van der Waals surface area contributed by atoms with Gasteiger partial charge in [-0.2, -0.15) is 5.10 Å². The van der Waals surface area contributed by atoms with Crippen LogP contribution in [0.5, 0.6) is 0 Å². The van der Waals surface area contributed by atoms with Crippen LogP contribution in [0.3, 0.4) is 0 Å². The van der Waals surface area contributed by atoms with Gasteiger partial charge in [-0.15, -0.1) is 0 Å². The minimum atomic E-state index is -0.985. The first-order valence-corrected chi connectivity index (χ1v) is 7.80. The highest BCUT2D eigenvalue weighted by Gasteiger charge is 2.23. The van der Waals surface area contributed by atoms with E-state index < -0.39 is 5.97 Å². The molecule has 4 N–H and O–H groups in total. The first-order valence-electron chi connectivity index (χ1n) is 7.80. The van der Waals surface area contributed by atoms with Gasteiger partial charge in [0.1, 0.15) is 0 Å². The second-order valence-corrected chi connectivity index (χ2v) is 6.01. The first-order chi connectivity index (χ1) is 11.1. The van der Waals surface area contributed by atoms with Crippen molar-refractivity contribution in [2.75, 3.05) is 5.32 Å². The Balaban J connectivity index is 1.82. The summed E-state index contributed by atoms with van der Waals surface area (Å²) in [7, 11) is 0. The maximum atomic E-state index is 11.3. The molecule has 0 unspecified atom stereocenters. The fourth-order valence-electron chi connectivity index (χ4n) is 3.09. The molecule has 0 bridgehead atoms. The van der Waals surface area contributed by atoms with Crippen molar-refractivity contribution in [1.29, 1.82) is 0 Å². The number of carbonyl (C=O) groups is 1. The van der Waals surface area contributed by atoms with Crippen LogP contribution in [0.4, 0.5) is 11.4 Å². The third kappa shape index (κ3) is 3.19. The maximum Gasteiger partial charge on any atom is 0.337 e. The number of nitrogens with zero attached hydrogens (tertiary/aromatic N) is 3. The van der Waals surface area contributed by atoms with Crippen LogP contribution in [0.25, 0.3) is 0 Å². The molecule has 0 aliphatic heterocycles. The summed E-state index contributed by atoms with van der Waals surface area (Å²) in [6.45, 7) is 1.99. The quantitative estimate of drug-likeness (QED) is 0.800. The second kappa shape index (κ2) is 6.37. The van der Waals surface area contributed by atoms with Crippen LogP contribution in [0.1, 0.15) is 47.8 Å². The van der Waals surface area contributed by atoms with E-state index >= 15 is 0 Å². The predicted molar refractivity (Wildman–Crippen MR) is 86.9 cm³/mol. The molecule has 3 rings (SSSR count). The smallest absolute Gasteiger partial charge is 0.337 e. The number of hydrogen-bond donors (Lipinski definition) is 3. The topological polar surface area (TPSA) is 106 Å².